The van der Waals surface area contributed by atoms with Gasteiger partial charge in [-0.2, -0.15) is 0 Å². The second kappa shape index (κ2) is 5.78. The third kappa shape index (κ3) is 4.39. The largest absolute Gasteiger partial charge is 0.366 e. The van der Waals surface area contributed by atoms with E-state index >= 15 is 0 Å². The predicted octanol–water partition coefficient (Wildman–Crippen LogP) is 0.0871. The molecule has 0 aromatic carbocycles. The van der Waals surface area contributed by atoms with Crippen molar-refractivity contribution in [2.45, 2.75) is 26.3 Å². The molecule has 0 aliphatic rings. The minimum absolute atomic E-state index is 0.109. The summed E-state index contributed by atoms with van der Waals surface area (Å²) < 4.78 is 0. The number of nitrogens with zero attached hydrogens (tertiary/aromatic N) is 1. The Labute approximate surface area is 85.9 Å². The van der Waals surface area contributed by atoms with Crippen LogP contribution in [0.3, 0.4) is 0 Å². The molecule has 0 radical (unpaired) electrons. The molecule has 0 heterocycles. The predicted molar refractivity (Wildman–Crippen MR) is 58.7 cm³/mol. The number of primary amides is 1. The fourth-order valence-corrected chi connectivity index (χ4v) is 1.26. The van der Waals surface area contributed by atoms with Crippen LogP contribution in [0.5, 0.6) is 0 Å². The Bertz CT molecular complexity index is 232. The summed E-state index contributed by atoms with van der Waals surface area (Å²) in [4.78, 5) is 13.0. The fourth-order valence-electron chi connectivity index (χ4n) is 1.26. The third-order valence-corrected chi connectivity index (χ3v) is 2.23. The lowest BCUT2D eigenvalue weighted by atomic mass is 9.99. The molecule has 1 amide bonds. The number of carbonyl (C=O) groups excluding carboxylic acids is 1. The van der Waals surface area contributed by atoms with Crippen molar-refractivity contribution in [3.05, 3.63) is 11.1 Å². The molecule has 14 heavy (non-hydrogen) atoms. The van der Waals surface area contributed by atoms with Crippen LogP contribution in [0.25, 0.3) is 0 Å². The minimum Gasteiger partial charge on any atom is -0.366 e. The Kier molecular flexibility index (Phi) is 5.42. The summed E-state index contributed by atoms with van der Waals surface area (Å²) in [7, 11) is 3.97. The van der Waals surface area contributed by atoms with Gasteiger partial charge in [0.05, 0.1) is 0 Å². The van der Waals surface area contributed by atoms with Gasteiger partial charge in [-0.3, -0.25) is 4.79 Å². The van der Waals surface area contributed by atoms with Crippen molar-refractivity contribution in [3.63, 3.8) is 0 Å². The van der Waals surface area contributed by atoms with Crippen LogP contribution in [-0.2, 0) is 4.79 Å². The van der Waals surface area contributed by atoms with E-state index in [1.54, 1.807) is 6.92 Å². The van der Waals surface area contributed by atoms with Gasteiger partial charge in [0, 0.05) is 18.2 Å². The molecule has 0 aliphatic heterocycles. The van der Waals surface area contributed by atoms with Gasteiger partial charge < -0.3 is 16.4 Å². The Morgan fingerprint density at radius 1 is 1.43 bits per heavy atom. The van der Waals surface area contributed by atoms with E-state index in [0.717, 1.165) is 18.5 Å². The SMILES string of the molecule is CC(C(N)=O)=C(CCN(C)C)C(C)N. The van der Waals surface area contributed by atoms with Gasteiger partial charge in [-0.1, -0.05) is 0 Å². The van der Waals surface area contributed by atoms with Gasteiger partial charge >= 0.3 is 0 Å². The Hall–Kier alpha value is -0.870. The van der Waals surface area contributed by atoms with Gasteiger partial charge in [0.15, 0.2) is 0 Å². The first kappa shape index (κ1) is 13.1. The second-order valence-corrected chi connectivity index (χ2v) is 3.86. The van der Waals surface area contributed by atoms with Crippen LogP contribution in [0, 0.1) is 0 Å². The molecule has 4 nitrogen and oxygen atoms in total. The Morgan fingerprint density at radius 3 is 2.21 bits per heavy atom. The van der Waals surface area contributed by atoms with Crippen molar-refractivity contribution in [1.82, 2.24) is 4.90 Å². The van der Waals surface area contributed by atoms with Crippen LogP contribution in [0.1, 0.15) is 20.3 Å². The molecule has 0 fully saturated rings. The first-order valence-electron chi connectivity index (χ1n) is 4.76. The first-order valence-corrected chi connectivity index (χ1v) is 4.76. The van der Waals surface area contributed by atoms with Gasteiger partial charge in [0.25, 0.3) is 0 Å². The molecule has 0 saturated carbocycles. The monoisotopic (exact) mass is 199 g/mol. The first-order chi connectivity index (χ1) is 6.36. The van der Waals surface area contributed by atoms with Crippen molar-refractivity contribution in [2.24, 2.45) is 11.5 Å². The van der Waals surface area contributed by atoms with E-state index in [0.29, 0.717) is 5.57 Å². The van der Waals surface area contributed by atoms with Crippen LogP contribution in [-0.4, -0.2) is 37.5 Å². The summed E-state index contributed by atoms with van der Waals surface area (Å²) in [6, 6.07) is -0.109. The average Bonchev–Trinajstić information content (AvgIpc) is 2.02. The molecule has 1 unspecified atom stereocenters. The fraction of sp³-hybridized carbons (Fsp3) is 0.700. The highest BCUT2D eigenvalue weighted by Gasteiger charge is 2.11. The number of carbonyl (C=O) groups is 1. The lowest BCUT2D eigenvalue weighted by molar-refractivity contribution is -0.114. The van der Waals surface area contributed by atoms with E-state index in [-0.39, 0.29) is 11.9 Å². The summed E-state index contributed by atoms with van der Waals surface area (Å²) in [6.07, 6.45) is 0.791. The summed E-state index contributed by atoms with van der Waals surface area (Å²) >= 11 is 0. The number of rotatable bonds is 5. The number of amides is 1. The smallest absolute Gasteiger partial charge is 0.244 e. The van der Waals surface area contributed by atoms with Crippen molar-refractivity contribution < 1.29 is 4.79 Å². The normalized spacial score (nSPS) is 15.3. The summed E-state index contributed by atoms with van der Waals surface area (Å²) in [6.45, 7) is 4.48. The maximum Gasteiger partial charge on any atom is 0.244 e. The van der Waals surface area contributed by atoms with Crippen molar-refractivity contribution in [1.29, 1.82) is 0 Å². The van der Waals surface area contributed by atoms with Gasteiger partial charge in [-0.05, 0) is 39.9 Å². The molecule has 0 bridgehead atoms. The average molecular weight is 199 g/mol. The third-order valence-electron chi connectivity index (χ3n) is 2.23. The van der Waals surface area contributed by atoms with Crippen LogP contribution in [0.15, 0.2) is 11.1 Å². The van der Waals surface area contributed by atoms with E-state index in [1.807, 2.05) is 21.0 Å². The van der Waals surface area contributed by atoms with Gasteiger partial charge in [-0.25, -0.2) is 0 Å². The standard InChI is InChI=1S/C10H21N3O/c1-7(10(12)14)9(8(2)11)5-6-13(3)4/h8H,5-6,11H2,1-4H3,(H2,12,14). The van der Waals surface area contributed by atoms with E-state index < -0.39 is 0 Å². The molecule has 4 N–H and O–H groups in total. The highest BCUT2D eigenvalue weighted by atomic mass is 16.1. The van der Waals surface area contributed by atoms with Gasteiger partial charge in [0.2, 0.25) is 5.91 Å². The van der Waals surface area contributed by atoms with Crippen LogP contribution >= 0.6 is 0 Å². The molecule has 0 rings (SSSR count). The quantitative estimate of drug-likeness (QED) is 0.616. The zero-order valence-electron chi connectivity index (χ0n) is 9.50. The zero-order chi connectivity index (χ0) is 11.3. The number of hydrogen-bond acceptors (Lipinski definition) is 3. The van der Waals surface area contributed by atoms with Gasteiger partial charge in [-0.15, -0.1) is 0 Å². The number of hydrogen-bond donors (Lipinski definition) is 2. The van der Waals surface area contributed by atoms with Crippen LogP contribution in [0.4, 0.5) is 0 Å². The van der Waals surface area contributed by atoms with E-state index in [2.05, 4.69) is 4.90 Å². The van der Waals surface area contributed by atoms with Crippen molar-refractivity contribution in [2.75, 3.05) is 20.6 Å². The summed E-state index contributed by atoms with van der Waals surface area (Å²) in [5.41, 5.74) is 12.5. The molecule has 0 aromatic heterocycles. The number of nitrogens with two attached hydrogens (primary N) is 2. The highest BCUT2D eigenvalue weighted by Crippen LogP contribution is 2.12. The highest BCUT2D eigenvalue weighted by molar-refractivity contribution is 5.92. The zero-order valence-corrected chi connectivity index (χ0v) is 9.50. The molecule has 82 valence electrons. The molecular formula is C10H21N3O. The second-order valence-electron chi connectivity index (χ2n) is 3.86. The van der Waals surface area contributed by atoms with Crippen molar-refractivity contribution in [3.8, 4) is 0 Å². The van der Waals surface area contributed by atoms with E-state index in [4.69, 9.17) is 11.5 Å². The van der Waals surface area contributed by atoms with Crippen molar-refractivity contribution >= 4 is 5.91 Å². The topological polar surface area (TPSA) is 72.4 Å². The summed E-state index contributed by atoms with van der Waals surface area (Å²) in [5, 5.41) is 0. The van der Waals surface area contributed by atoms with E-state index in [9.17, 15) is 4.79 Å². The van der Waals surface area contributed by atoms with Crippen LogP contribution < -0.4 is 11.5 Å². The molecule has 0 aromatic rings. The Morgan fingerprint density at radius 2 is 1.93 bits per heavy atom. The molecular weight excluding hydrogens is 178 g/mol. The lowest BCUT2D eigenvalue weighted by Crippen LogP contribution is -2.26. The van der Waals surface area contributed by atoms with Gasteiger partial charge in [0.1, 0.15) is 0 Å². The Balaban J connectivity index is 4.60. The minimum atomic E-state index is -0.379. The molecule has 1 atom stereocenters. The molecule has 0 spiro atoms. The van der Waals surface area contributed by atoms with E-state index in [1.165, 1.54) is 0 Å². The maximum atomic E-state index is 11.0. The summed E-state index contributed by atoms with van der Waals surface area (Å²) in [5.74, 6) is -0.379. The molecule has 0 saturated heterocycles. The maximum absolute atomic E-state index is 11.0. The lowest BCUT2D eigenvalue weighted by Gasteiger charge is -2.17. The molecule has 4 heteroatoms. The van der Waals surface area contributed by atoms with Crippen LogP contribution in [0.2, 0.25) is 0 Å². The molecule has 0 aliphatic carbocycles.